The van der Waals surface area contributed by atoms with E-state index in [1.54, 1.807) is 18.2 Å². The van der Waals surface area contributed by atoms with Crippen LogP contribution < -0.4 is 5.32 Å². The maximum absolute atomic E-state index is 11.0. The molecule has 0 spiro atoms. The van der Waals surface area contributed by atoms with Crippen LogP contribution in [0.4, 0.5) is 5.69 Å². The first kappa shape index (κ1) is 12.8. The molecule has 0 saturated heterocycles. The second kappa shape index (κ2) is 5.70. The molecule has 1 atom stereocenters. The van der Waals surface area contributed by atoms with Crippen molar-refractivity contribution in [2.45, 2.75) is 19.4 Å². The van der Waals surface area contributed by atoms with E-state index in [1.807, 2.05) is 13.0 Å². The van der Waals surface area contributed by atoms with Gasteiger partial charge in [0.15, 0.2) is 0 Å². The summed E-state index contributed by atoms with van der Waals surface area (Å²) >= 11 is 3.25. The van der Waals surface area contributed by atoms with Gasteiger partial charge in [-0.15, -0.1) is 6.58 Å². The average molecular weight is 284 g/mol. The van der Waals surface area contributed by atoms with E-state index in [1.165, 1.54) is 0 Å². The molecule has 0 aromatic heterocycles. The molecule has 0 bridgehead atoms. The van der Waals surface area contributed by atoms with Crippen molar-refractivity contribution in [3.05, 3.63) is 40.9 Å². The third-order valence-electron chi connectivity index (χ3n) is 2.13. The third kappa shape index (κ3) is 3.38. The van der Waals surface area contributed by atoms with Crippen molar-refractivity contribution in [1.29, 1.82) is 0 Å². The van der Waals surface area contributed by atoms with E-state index in [0.29, 0.717) is 5.69 Å². The lowest BCUT2D eigenvalue weighted by Crippen LogP contribution is -2.16. The number of anilines is 1. The first-order valence-corrected chi connectivity index (χ1v) is 5.74. The second-order valence-corrected chi connectivity index (χ2v) is 4.48. The van der Waals surface area contributed by atoms with Crippen LogP contribution in [-0.2, 0) is 0 Å². The molecule has 16 heavy (non-hydrogen) atoms. The molecule has 0 fully saturated rings. The number of carbonyl (C=O) groups is 1. The van der Waals surface area contributed by atoms with Crippen molar-refractivity contribution in [1.82, 2.24) is 0 Å². The third-order valence-corrected chi connectivity index (χ3v) is 2.63. The smallest absolute Gasteiger partial charge is 0.337 e. The van der Waals surface area contributed by atoms with E-state index in [0.717, 1.165) is 10.9 Å². The van der Waals surface area contributed by atoms with Crippen molar-refractivity contribution in [3.63, 3.8) is 0 Å². The number of carboxylic acid groups (broad SMARTS) is 1. The van der Waals surface area contributed by atoms with Gasteiger partial charge in [-0.1, -0.05) is 22.0 Å². The van der Waals surface area contributed by atoms with E-state index >= 15 is 0 Å². The molecule has 1 rings (SSSR count). The quantitative estimate of drug-likeness (QED) is 0.813. The molecule has 1 aromatic rings. The van der Waals surface area contributed by atoms with Gasteiger partial charge in [-0.2, -0.15) is 0 Å². The standard InChI is InChI=1S/C12H14BrNO2/c1-3-4-8(2)14-11-6-5-9(13)7-10(11)12(15)16/h3,5-8,14H,1,4H2,2H3,(H,15,16). The zero-order valence-corrected chi connectivity index (χ0v) is 10.6. The summed E-state index contributed by atoms with van der Waals surface area (Å²) in [6, 6.07) is 5.32. The van der Waals surface area contributed by atoms with Gasteiger partial charge < -0.3 is 10.4 Å². The van der Waals surface area contributed by atoms with Crippen LogP contribution >= 0.6 is 15.9 Å². The maximum Gasteiger partial charge on any atom is 0.337 e. The molecule has 86 valence electrons. The minimum absolute atomic E-state index is 0.164. The Morgan fingerprint density at radius 2 is 2.38 bits per heavy atom. The minimum Gasteiger partial charge on any atom is -0.478 e. The fourth-order valence-corrected chi connectivity index (χ4v) is 1.75. The summed E-state index contributed by atoms with van der Waals surface area (Å²) in [6.07, 6.45) is 2.59. The van der Waals surface area contributed by atoms with Gasteiger partial charge in [0.1, 0.15) is 0 Å². The van der Waals surface area contributed by atoms with Crippen LogP contribution in [0.3, 0.4) is 0 Å². The van der Waals surface area contributed by atoms with Crippen LogP contribution in [0.1, 0.15) is 23.7 Å². The number of hydrogen-bond donors (Lipinski definition) is 2. The highest BCUT2D eigenvalue weighted by Gasteiger charge is 2.11. The molecule has 0 aliphatic rings. The lowest BCUT2D eigenvalue weighted by atomic mass is 10.1. The number of hydrogen-bond acceptors (Lipinski definition) is 2. The SMILES string of the molecule is C=CCC(C)Nc1ccc(Br)cc1C(=O)O. The number of halogens is 1. The summed E-state index contributed by atoms with van der Waals surface area (Å²) in [5, 5.41) is 12.2. The predicted molar refractivity (Wildman–Crippen MR) is 69.0 cm³/mol. The Hall–Kier alpha value is -1.29. The van der Waals surface area contributed by atoms with Crippen LogP contribution in [-0.4, -0.2) is 17.1 Å². The number of nitrogens with one attached hydrogen (secondary N) is 1. The van der Waals surface area contributed by atoms with Crippen molar-refractivity contribution in [3.8, 4) is 0 Å². The summed E-state index contributed by atoms with van der Waals surface area (Å²) in [6.45, 7) is 5.63. The Morgan fingerprint density at radius 3 is 2.94 bits per heavy atom. The van der Waals surface area contributed by atoms with E-state index in [2.05, 4.69) is 27.8 Å². The lowest BCUT2D eigenvalue weighted by molar-refractivity contribution is 0.0698. The maximum atomic E-state index is 11.0. The summed E-state index contributed by atoms with van der Waals surface area (Å²) < 4.78 is 0.756. The minimum atomic E-state index is -0.936. The van der Waals surface area contributed by atoms with Crippen molar-refractivity contribution in [2.75, 3.05) is 5.32 Å². The van der Waals surface area contributed by atoms with Gasteiger partial charge in [0.05, 0.1) is 5.56 Å². The Labute approximate surface area is 103 Å². The Bertz CT molecular complexity index is 404. The molecule has 1 unspecified atom stereocenters. The number of rotatable bonds is 5. The van der Waals surface area contributed by atoms with Crippen molar-refractivity contribution < 1.29 is 9.90 Å². The van der Waals surface area contributed by atoms with Crippen LogP contribution in [0, 0.1) is 0 Å². The summed E-state index contributed by atoms with van der Waals surface area (Å²) in [7, 11) is 0. The molecule has 0 aliphatic heterocycles. The molecule has 0 heterocycles. The normalized spacial score (nSPS) is 11.9. The van der Waals surface area contributed by atoms with Gasteiger partial charge in [-0.05, 0) is 31.5 Å². The molecule has 4 heteroatoms. The molecular weight excluding hydrogens is 270 g/mol. The van der Waals surface area contributed by atoms with Crippen LogP contribution in [0.5, 0.6) is 0 Å². The molecule has 3 nitrogen and oxygen atoms in total. The summed E-state index contributed by atoms with van der Waals surface area (Å²) in [5.74, 6) is -0.936. The zero-order valence-electron chi connectivity index (χ0n) is 9.03. The molecule has 0 amide bonds. The van der Waals surface area contributed by atoms with Gasteiger partial charge in [0.2, 0.25) is 0 Å². The van der Waals surface area contributed by atoms with Crippen molar-refractivity contribution >= 4 is 27.6 Å². The van der Waals surface area contributed by atoms with Gasteiger partial charge in [-0.3, -0.25) is 0 Å². The van der Waals surface area contributed by atoms with E-state index in [4.69, 9.17) is 5.11 Å². The Morgan fingerprint density at radius 1 is 1.69 bits per heavy atom. The van der Waals surface area contributed by atoms with E-state index in [9.17, 15) is 4.79 Å². The van der Waals surface area contributed by atoms with Gasteiger partial charge in [-0.25, -0.2) is 4.79 Å². The van der Waals surface area contributed by atoms with Crippen LogP contribution in [0.25, 0.3) is 0 Å². The molecule has 0 aliphatic carbocycles. The number of benzene rings is 1. The highest BCUT2D eigenvalue weighted by atomic mass is 79.9. The number of aromatic carboxylic acids is 1. The highest BCUT2D eigenvalue weighted by Crippen LogP contribution is 2.22. The molecule has 2 N–H and O–H groups in total. The van der Waals surface area contributed by atoms with Gasteiger partial charge >= 0.3 is 5.97 Å². The van der Waals surface area contributed by atoms with Gasteiger partial charge in [0, 0.05) is 16.2 Å². The lowest BCUT2D eigenvalue weighted by Gasteiger charge is -2.15. The van der Waals surface area contributed by atoms with E-state index in [-0.39, 0.29) is 11.6 Å². The monoisotopic (exact) mass is 283 g/mol. The number of carboxylic acids is 1. The molecule has 0 saturated carbocycles. The topological polar surface area (TPSA) is 49.3 Å². The largest absolute Gasteiger partial charge is 0.478 e. The zero-order chi connectivity index (χ0) is 12.1. The summed E-state index contributed by atoms with van der Waals surface area (Å²) in [5.41, 5.74) is 0.898. The van der Waals surface area contributed by atoms with Crippen LogP contribution in [0.2, 0.25) is 0 Å². The first-order chi connectivity index (χ1) is 7.54. The fraction of sp³-hybridized carbons (Fsp3) is 0.250. The Kier molecular flexibility index (Phi) is 4.55. The second-order valence-electron chi connectivity index (χ2n) is 3.56. The highest BCUT2D eigenvalue weighted by molar-refractivity contribution is 9.10. The molecule has 1 aromatic carbocycles. The van der Waals surface area contributed by atoms with E-state index < -0.39 is 5.97 Å². The van der Waals surface area contributed by atoms with Crippen molar-refractivity contribution in [2.24, 2.45) is 0 Å². The predicted octanol–water partition coefficient (Wildman–Crippen LogP) is 3.52. The average Bonchev–Trinajstić information content (AvgIpc) is 2.20. The Balaban J connectivity index is 2.94. The summed E-state index contributed by atoms with van der Waals surface area (Å²) in [4.78, 5) is 11.0. The fourth-order valence-electron chi connectivity index (χ4n) is 1.39. The molecular formula is C12H14BrNO2. The van der Waals surface area contributed by atoms with Crippen LogP contribution in [0.15, 0.2) is 35.3 Å². The molecule has 0 radical (unpaired) electrons. The van der Waals surface area contributed by atoms with Gasteiger partial charge in [0.25, 0.3) is 0 Å². The first-order valence-electron chi connectivity index (χ1n) is 4.95.